The summed E-state index contributed by atoms with van der Waals surface area (Å²) in [6, 6.07) is 9.69. The standard InChI is InChI=1S/C15H18N4O4S/c1-24(21,22)19-11-6-3-2-5-10(11)16-15(20)13-9-12(17-18-13)14-7-4-8-23-14/h2-8,12-13,17-19H,9H2,1H3,(H,16,20). The highest BCUT2D eigenvalue weighted by Gasteiger charge is 2.31. The van der Waals surface area contributed by atoms with Crippen LogP contribution in [-0.2, 0) is 14.8 Å². The molecule has 1 aromatic carbocycles. The minimum atomic E-state index is -3.43. The molecule has 1 saturated heterocycles. The zero-order chi connectivity index (χ0) is 17.2. The number of carbonyl (C=O) groups is 1. The van der Waals surface area contributed by atoms with E-state index < -0.39 is 16.1 Å². The molecule has 1 aromatic heterocycles. The van der Waals surface area contributed by atoms with Crippen molar-refractivity contribution in [3.05, 3.63) is 48.4 Å². The highest BCUT2D eigenvalue weighted by atomic mass is 32.2. The number of benzene rings is 1. The van der Waals surface area contributed by atoms with Gasteiger partial charge in [-0.15, -0.1) is 0 Å². The fourth-order valence-corrected chi connectivity index (χ4v) is 3.08. The van der Waals surface area contributed by atoms with Crippen molar-refractivity contribution in [2.45, 2.75) is 18.5 Å². The molecule has 0 saturated carbocycles. The van der Waals surface area contributed by atoms with Crippen molar-refractivity contribution >= 4 is 27.3 Å². The summed E-state index contributed by atoms with van der Waals surface area (Å²) in [5.74, 6) is 0.483. The zero-order valence-corrected chi connectivity index (χ0v) is 13.8. The summed E-state index contributed by atoms with van der Waals surface area (Å²) in [6.45, 7) is 0. The summed E-state index contributed by atoms with van der Waals surface area (Å²) in [5.41, 5.74) is 6.65. The van der Waals surface area contributed by atoms with Crippen LogP contribution in [0.3, 0.4) is 0 Å². The normalized spacial score (nSPS) is 20.7. The number of hydrogen-bond acceptors (Lipinski definition) is 6. The minimum absolute atomic E-state index is 0.0971. The van der Waals surface area contributed by atoms with Crippen LogP contribution in [0.1, 0.15) is 18.2 Å². The molecule has 1 aliphatic heterocycles. The van der Waals surface area contributed by atoms with E-state index in [2.05, 4.69) is 20.9 Å². The Bertz CT molecular complexity index is 820. The summed E-state index contributed by atoms with van der Waals surface area (Å²) >= 11 is 0. The monoisotopic (exact) mass is 350 g/mol. The Labute approximate surface area is 139 Å². The molecule has 0 spiro atoms. The number of hydrazine groups is 1. The average molecular weight is 350 g/mol. The molecule has 0 radical (unpaired) electrons. The summed E-state index contributed by atoms with van der Waals surface area (Å²) in [7, 11) is -3.43. The van der Waals surface area contributed by atoms with E-state index in [9.17, 15) is 13.2 Å². The number of anilines is 2. The summed E-state index contributed by atoms with van der Waals surface area (Å²) in [5, 5.41) is 2.74. The first-order valence-corrected chi connectivity index (χ1v) is 9.23. The molecule has 9 heteroatoms. The quantitative estimate of drug-likeness (QED) is 0.644. The second-order valence-corrected chi connectivity index (χ2v) is 7.30. The number of rotatable bonds is 5. The van der Waals surface area contributed by atoms with Gasteiger partial charge >= 0.3 is 0 Å². The molecular weight excluding hydrogens is 332 g/mol. The lowest BCUT2D eigenvalue weighted by molar-refractivity contribution is -0.117. The van der Waals surface area contributed by atoms with E-state index >= 15 is 0 Å². The number of para-hydroxylation sites is 2. The fourth-order valence-electron chi connectivity index (χ4n) is 2.50. The number of carbonyl (C=O) groups excluding carboxylic acids is 1. The van der Waals surface area contributed by atoms with Crippen LogP contribution in [0.5, 0.6) is 0 Å². The zero-order valence-electron chi connectivity index (χ0n) is 12.9. The maximum atomic E-state index is 12.4. The Morgan fingerprint density at radius 1 is 1.17 bits per heavy atom. The second-order valence-electron chi connectivity index (χ2n) is 5.55. The lowest BCUT2D eigenvalue weighted by atomic mass is 10.1. The molecule has 3 rings (SSSR count). The Hall–Kier alpha value is -2.36. The van der Waals surface area contributed by atoms with Crippen LogP contribution in [0.15, 0.2) is 47.1 Å². The van der Waals surface area contributed by atoms with Crippen molar-refractivity contribution in [1.82, 2.24) is 10.9 Å². The third kappa shape index (κ3) is 3.94. The van der Waals surface area contributed by atoms with Crippen molar-refractivity contribution in [2.24, 2.45) is 0 Å². The lowest BCUT2D eigenvalue weighted by Gasteiger charge is -2.14. The molecule has 8 nitrogen and oxygen atoms in total. The van der Waals surface area contributed by atoms with Gasteiger partial charge in [-0.2, -0.15) is 0 Å². The smallest absolute Gasteiger partial charge is 0.242 e. The predicted molar refractivity (Wildman–Crippen MR) is 89.7 cm³/mol. The first-order chi connectivity index (χ1) is 11.4. The first-order valence-electron chi connectivity index (χ1n) is 7.34. The van der Waals surface area contributed by atoms with Crippen LogP contribution < -0.4 is 20.9 Å². The molecule has 2 heterocycles. The number of furan rings is 1. The molecule has 0 bridgehead atoms. The third-order valence-corrected chi connectivity index (χ3v) is 4.18. The predicted octanol–water partition coefficient (Wildman–Crippen LogP) is 1.20. The van der Waals surface area contributed by atoms with Crippen molar-refractivity contribution in [3.8, 4) is 0 Å². The molecule has 1 amide bonds. The van der Waals surface area contributed by atoms with Gasteiger partial charge in [-0.25, -0.2) is 19.3 Å². The molecule has 128 valence electrons. The second kappa shape index (κ2) is 6.63. The van der Waals surface area contributed by atoms with Crippen LogP contribution in [0, 0.1) is 0 Å². The van der Waals surface area contributed by atoms with Crippen molar-refractivity contribution in [3.63, 3.8) is 0 Å². The van der Waals surface area contributed by atoms with Gasteiger partial charge in [-0.3, -0.25) is 9.52 Å². The minimum Gasteiger partial charge on any atom is -0.468 e. The van der Waals surface area contributed by atoms with E-state index in [0.717, 1.165) is 12.0 Å². The van der Waals surface area contributed by atoms with E-state index in [1.54, 1.807) is 36.6 Å². The van der Waals surface area contributed by atoms with Gasteiger partial charge in [-0.1, -0.05) is 12.1 Å². The summed E-state index contributed by atoms with van der Waals surface area (Å²) in [6.07, 6.45) is 3.15. The molecule has 1 aliphatic rings. The van der Waals surface area contributed by atoms with Crippen molar-refractivity contribution in [2.75, 3.05) is 16.3 Å². The fraction of sp³-hybridized carbons (Fsp3) is 0.267. The van der Waals surface area contributed by atoms with Crippen molar-refractivity contribution < 1.29 is 17.6 Å². The maximum absolute atomic E-state index is 12.4. The van der Waals surface area contributed by atoms with Gasteiger partial charge in [0.1, 0.15) is 11.8 Å². The molecular formula is C15H18N4O4S. The molecule has 4 N–H and O–H groups in total. The topological polar surface area (TPSA) is 112 Å². The van der Waals surface area contributed by atoms with E-state index in [1.165, 1.54) is 0 Å². The molecule has 0 aliphatic carbocycles. The maximum Gasteiger partial charge on any atom is 0.242 e. The van der Waals surface area contributed by atoms with Gasteiger partial charge in [0.25, 0.3) is 0 Å². The molecule has 2 unspecified atom stereocenters. The molecule has 2 aromatic rings. The molecule has 2 atom stereocenters. The molecule has 1 fully saturated rings. The summed E-state index contributed by atoms with van der Waals surface area (Å²) in [4.78, 5) is 12.4. The Morgan fingerprint density at radius 3 is 2.58 bits per heavy atom. The number of hydrogen-bond donors (Lipinski definition) is 4. The van der Waals surface area contributed by atoms with Crippen LogP contribution in [-0.4, -0.2) is 26.6 Å². The Balaban J connectivity index is 1.68. The van der Waals surface area contributed by atoms with Gasteiger partial charge in [0.2, 0.25) is 15.9 Å². The van der Waals surface area contributed by atoms with Crippen LogP contribution in [0.25, 0.3) is 0 Å². The largest absolute Gasteiger partial charge is 0.468 e. The number of sulfonamides is 1. The van der Waals surface area contributed by atoms with Crippen LogP contribution >= 0.6 is 0 Å². The molecule has 24 heavy (non-hydrogen) atoms. The van der Waals surface area contributed by atoms with E-state index in [1.807, 2.05) is 6.07 Å². The van der Waals surface area contributed by atoms with Gasteiger partial charge in [-0.05, 0) is 30.7 Å². The van der Waals surface area contributed by atoms with Gasteiger partial charge < -0.3 is 9.73 Å². The van der Waals surface area contributed by atoms with Crippen LogP contribution in [0.2, 0.25) is 0 Å². The number of amides is 1. The third-order valence-electron chi connectivity index (χ3n) is 3.59. The Kier molecular flexibility index (Phi) is 4.56. The lowest BCUT2D eigenvalue weighted by Crippen LogP contribution is -2.39. The van der Waals surface area contributed by atoms with E-state index in [0.29, 0.717) is 17.8 Å². The number of nitrogens with one attached hydrogen (secondary N) is 4. The van der Waals surface area contributed by atoms with Gasteiger partial charge in [0, 0.05) is 0 Å². The van der Waals surface area contributed by atoms with E-state index in [-0.39, 0.29) is 11.9 Å². The van der Waals surface area contributed by atoms with Crippen molar-refractivity contribution in [1.29, 1.82) is 0 Å². The van der Waals surface area contributed by atoms with Crippen LogP contribution in [0.4, 0.5) is 11.4 Å². The first kappa shape index (κ1) is 16.5. The van der Waals surface area contributed by atoms with Gasteiger partial charge in [0.05, 0.1) is 29.9 Å². The SMILES string of the molecule is CS(=O)(=O)Nc1ccccc1NC(=O)C1CC(c2ccco2)NN1. The highest BCUT2D eigenvalue weighted by molar-refractivity contribution is 7.92. The van der Waals surface area contributed by atoms with Gasteiger partial charge in [0.15, 0.2) is 0 Å². The Morgan fingerprint density at radius 2 is 1.92 bits per heavy atom. The highest BCUT2D eigenvalue weighted by Crippen LogP contribution is 2.25. The van der Waals surface area contributed by atoms with E-state index in [4.69, 9.17) is 4.42 Å². The average Bonchev–Trinajstić information content (AvgIpc) is 3.18. The summed E-state index contributed by atoms with van der Waals surface area (Å²) < 4.78 is 30.5.